The largest absolute Gasteiger partial charge is 0.398 e. The van der Waals surface area contributed by atoms with Gasteiger partial charge in [-0.1, -0.05) is 59.6 Å². The first-order valence-corrected chi connectivity index (χ1v) is 12.9. The van der Waals surface area contributed by atoms with Gasteiger partial charge in [0.1, 0.15) is 5.82 Å². The van der Waals surface area contributed by atoms with Crippen LogP contribution in [0, 0.1) is 0 Å². The molecule has 0 saturated carbocycles. The van der Waals surface area contributed by atoms with E-state index in [0.29, 0.717) is 49.7 Å². The first-order chi connectivity index (χ1) is 19.0. The third-order valence-electron chi connectivity index (χ3n) is 6.37. The number of imidazole rings is 1. The Morgan fingerprint density at radius 3 is 2.13 bits per heavy atom. The number of carbonyl (C=O) groups is 1. The number of rotatable bonds is 5. The molecule has 39 heavy (non-hydrogen) atoms. The van der Waals surface area contributed by atoms with Crippen LogP contribution in [0.3, 0.4) is 0 Å². The van der Waals surface area contributed by atoms with Crippen molar-refractivity contribution >= 4 is 57.3 Å². The van der Waals surface area contributed by atoms with Gasteiger partial charge in [0.05, 0.1) is 17.4 Å². The molecule has 0 aliphatic rings. The Labute approximate surface area is 234 Å². The number of nitrogen functional groups attached to an aromatic ring is 1. The minimum atomic E-state index is -0.194. The van der Waals surface area contributed by atoms with Crippen molar-refractivity contribution in [2.24, 2.45) is 0 Å². The van der Waals surface area contributed by atoms with Gasteiger partial charge in [-0.25, -0.2) is 9.97 Å². The Bertz CT molecular complexity index is 1800. The molecule has 0 unspecified atom stereocenters. The van der Waals surface area contributed by atoms with Crippen LogP contribution in [0.1, 0.15) is 10.4 Å². The fraction of sp³-hybridized carbons (Fsp3) is 0. The lowest BCUT2D eigenvalue weighted by atomic mass is 10.0. The van der Waals surface area contributed by atoms with E-state index in [4.69, 9.17) is 28.9 Å². The number of aromatic amines is 1. The zero-order chi connectivity index (χ0) is 26.9. The molecule has 6 rings (SSSR count). The van der Waals surface area contributed by atoms with E-state index in [1.807, 2.05) is 66.7 Å². The lowest BCUT2D eigenvalue weighted by molar-refractivity contribution is 0.0999. The minimum Gasteiger partial charge on any atom is -0.398 e. The number of nitrogens with two attached hydrogens (primary N) is 1. The van der Waals surface area contributed by atoms with E-state index >= 15 is 0 Å². The molecule has 0 aliphatic carbocycles. The second-order valence-corrected chi connectivity index (χ2v) is 9.81. The van der Waals surface area contributed by atoms with Crippen LogP contribution < -0.4 is 10.6 Å². The highest BCUT2D eigenvalue weighted by Crippen LogP contribution is 2.33. The summed E-state index contributed by atoms with van der Waals surface area (Å²) < 4.78 is 0. The summed E-state index contributed by atoms with van der Waals surface area (Å²) >= 11 is 12.1. The van der Waals surface area contributed by atoms with Crippen LogP contribution in [0.15, 0.2) is 109 Å². The van der Waals surface area contributed by atoms with Crippen molar-refractivity contribution in [2.75, 3.05) is 10.6 Å². The lowest BCUT2D eigenvalue weighted by Crippen LogP contribution is -2.26. The van der Waals surface area contributed by atoms with Crippen molar-refractivity contribution in [2.45, 2.75) is 0 Å². The average Bonchev–Trinajstić information content (AvgIpc) is 3.38. The number of H-pyrrole nitrogens is 1. The van der Waals surface area contributed by atoms with Gasteiger partial charge in [0.2, 0.25) is 0 Å². The lowest BCUT2D eigenvalue weighted by Gasteiger charge is -2.23. The smallest absolute Gasteiger partial charge is 0.262 e. The van der Waals surface area contributed by atoms with Gasteiger partial charge in [0.15, 0.2) is 5.65 Å². The maximum Gasteiger partial charge on any atom is 0.262 e. The van der Waals surface area contributed by atoms with Gasteiger partial charge < -0.3 is 10.7 Å². The predicted octanol–water partition coefficient (Wildman–Crippen LogP) is 8.16. The van der Waals surface area contributed by atoms with Crippen LogP contribution >= 0.6 is 23.2 Å². The second-order valence-electron chi connectivity index (χ2n) is 8.94. The van der Waals surface area contributed by atoms with E-state index in [-0.39, 0.29) is 5.91 Å². The van der Waals surface area contributed by atoms with Crippen LogP contribution in [-0.2, 0) is 0 Å². The fourth-order valence-corrected chi connectivity index (χ4v) is 4.67. The molecule has 190 valence electrons. The van der Waals surface area contributed by atoms with E-state index in [1.54, 1.807) is 47.5 Å². The first kappa shape index (κ1) is 24.7. The number of carbonyl (C=O) groups excluding carboxylic acids is 1. The average molecular weight is 550 g/mol. The van der Waals surface area contributed by atoms with Crippen molar-refractivity contribution in [1.82, 2.24) is 15.0 Å². The molecule has 2 heterocycles. The van der Waals surface area contributed by atoms with Crippen molar-refractivity contribution in [3.63, 3.8) is 0 Å². The number of fused-ring (bicyclic) bond motifs is 1. The molecule has 1 amide bonds. The Morgan fingerprint density at radius 1 is 0.769 bits per heavy atom. The summed E-state index contributed by atoms with van der Waals surface area (Å²) in [6, 6.07) is 31.5. The predicted molar refractivity (Wildman–Crippen MR) is 159 cm³/mol. The van der Waals surface area contributed by atoms with Gasteiger partial charge in [0.25, 0.3) is 5.91 Å². The number of anilines is 3. The summed E-state index contributed by atoms with van der Waals surface area (Å²) in [6.07, 6.45) is 1.63. The zero-order valence-corrected chi connectivity index (χ0v) is 22.0. The Kier molecular flexibility index (Phi) is 6.49. The van der Waals surface area contributed by atoms with Crippen LogP contribution in [0.5, 0.6) is 0 Å². The van der Waals surface area contributed by atoms with E-state index < -0.39 is 0 Å². The number of pyridine rings is 1. The number of aromatic nitrogens is 3. The van der Waals surface area contributed by atoms with Gasteiger partial charge in [-0.3, -0.25) is 9.69 Å². The molecule has 0 atom stereocenters. The summed E-state index contributed by atoms with van der Waals surface area (Å²) in [6.45, 7) is 0. The summed E-state index contributed by atoms with van der Waals surface area (Å²) in [4.78, 5) is 27.8. The number of benzene rings is 4. The number of hydrogen-bond donors (Lipinski definition) is 2. The maximum atomic E-state index is 13.6. The number of hydrogen-bond acceptors (Lipinski definition) is 4. The van der Waals surface area contributed by atoms with Crippen molar-refractivity contribution in [3.8, 4) is 22.5 Å². The first-order valence-electron chi connectivity index (χ1n) is 12.1. The van der Waals surface area contributed by atoms with E-state index in [2.05, 4.69) is 15.0 Å². The molecule has 2 aromatic heterocycles. The molecule has 0 bridgehead atoms. The van der Waals surface area contributed by atoms with Crippen molar-refractivity contribution in [1.29, 1.82) is 0 Å². The SMILES string of the molecule is Nc1cc(-c2ccc(Cl)cc2)ccc1-c1nc2ncc(N(C(=O)c3ccccc3)c3ccc(Cl)cc3)cc2[nH]1. The molecule has 3 N–H and O–H groups in total. The third kappa shape index (κ3) is 4.95. The van der Waals surface area contributed by atoms with Gasteiger partial charge in [-0.15, -0.1) is 0 Å². The van der Waals surface area contributed by atoms with Crippen molar-refractivity contribution in [3.05, 3.63) is 125 Å². The minimum absolute atomic E-state index is 0.194. The molecule has 6 aromatic rings. The molecular formula is C31H21Cl2N5O. The third-order valence-corrected chi connectivity index (χ3v) is 6.88. The molecule has 0 spiro atoms. The quantitative estimate of drug-likeness (QED) is 0.212. The summed E-state index contributed by atoms with van der Waals surface area (Å²) in [7, 11) is 0. The number of halogens is 2. The molecule has 6 nitrogen and oxygen atoms in total. The number of amides is 1. The molecule has 0 fully saturated rings. The summed E-state index contributed by atoms with van der Waals surface area (Å²) in [5.74, 6) is 0.392. The number of nitrogens with zero attached hydrogens (tertiary/aromatic N) is 3. The molecular weight excluding hydrogens is 529 g/mol. The van der Waals surface area contributed by atoms with Crippen LogP contribution in [-0.4, -0.2) is 20.9 Å². The van der Waals surface area contributed by atoms with Gasteiger partial charge in [0, 0.05) is 32.5 Å². The van der Waals surface area contributed by atoms with E-state index in [9.17, 15) is 4.79 Å². The highest BCUT2D eigenvalue weighted by atomic mass is 35.5. The second kappa shape index (κ2) is 10.3. The maximum absolute atomic E-state index is 13.6. The highest BCUT2D eigenvalue weighted by molar-refractivity contribution is 6.31. The van der Waals surface area contributed by atoms with Crippen LogP contribution in [0.2, 0.25) is 10.0 Å². The highest BCUT2D eigenvalue weighted by Gasteiger charge is 2.21. The van der Waals surface area contributed by atoms with Crippen LogP contribution in [0.4, 0.5) is 17.1 Å². The molecule has 0 aliphatic heterocycles. The van der Waals surface area contributed by atoms with Gasteiger partial charge >= 0.3 is 0 Å². The Balaban J connectivity index is 1.38. The monoisotopic (exact) mass is 549 g/mol. The molecule has 0 radical (unpaired) electrons. The molecule has 0 saturated heterocycles. The molecule has 4 aromatic carbocycles. The van der Waals surface area contributed by atoms with E-state index in [0.717, 1.165) is 16.7 Å². The Morgan fingerprint density at radius 2 is 1.44 bits per heavy atom. The van der Waals surface area contributed by atoms with Gasteiger partial charge in [-0.2, -0.15) is 0 Å². The fourth-order valence-electron chi connectivity index (χ4n) is 4.42. The molecule has 8 heteroatoms. The standard InChI is InChI=1S/C31H21Cl2N5O/c32-22-9-6-19(7-10-22)21-8-15-26(27(34)16-21)29-36-28-17-25(18-35-30(28)37-29)38(24-13-11-23(33)12-14-24)31(39)20-4-2-1-3-5-20/h1-18H,34H2,(H,35,36,37). The van der Waals surface area contributed by atoms with E-state index in [1.165, 1.54) is 0 Å². The topological polar surface area (TPSA) is 87.9 Å². The van der Waals surface area contributed by atoms with Crippen LogP contribution in [0.25, 0.3) is 33.7 Å². The summed E-state index contributed by atoms with van der Waals surface area (Å²) in [5, 5.41) is 1.26. The Hall–Kier alpha value is -4.65. The zero-order valence-electron chi connectivity index (χ0n) is 20.5. The summed E-state index contributed by atoms with van der Waals surface area (Å²) in [5.41, 5.74) is 12.7. The van der Waals surface area contributed by atoms with Crippen molar-refractivity contribution < 1.29 is 4.79 Å². The normalized spacial score (nSPS) is 11.0. The van der Waals surface area contributed by atoms with Gasteiger partial charge in [-0.05, 0) is 77.9 Å². The number of nitrogens with one attached hydrogen (secondary N) is 1.